The molecule has 4 aliphatic rings. The van der Waals surface area contributed by atoms with E-state index >= 15 is 0 Å². The zero-order chi connectivity index (χ0) is 15.4. The summed E-state index contributed by atoms with van der Waals surface area (Å²) in [5, 5.41) is 16.6. The number of hydrogen-bond acceptors (Lipinski definition) is 4. The van der Waals surface area contributed by atoms with E-state index in [0.29, 0.717) is 11.8 Å². The highest BCUT2D eigenvalue weighted by Crippen LogP contribution is 2.61. The fourth-order valence-corrected chi connectivity index (χ4v) is 6.00. The van der Waals surface area contributed by atoms with Crippen LogP contribution in [0.25, 0.3) is 5.69 Å². The van der Waals surface area contributed by atoms with Crippen molar-refractivity contribution in [1.29, 1.82) is 0 Å². The van der Waals surface area contributed by atoms with Crippen molar-refractivity contribution in [2.24, 2.45) is 23.7 Å². The molecule has 1 aromatic heterocycles. The van der Waals surface area contributed by atoms with Crippen molar-refractivity contribution in [3.8, 4) is 5.69 Å². The van der Waals surface area contributed by atoms with E-state index in [1.54, 1.807) is 0 Å². The Labute approximate surface area is 136 Å². The minimum absolute atomic E-state index is 0.0627. The van der Waals surface area contributed by atoms with Crippen LogP contribution in [0, 0.1) is 23.7 Å². The van der Waals surface area contributed by atoms with Crippen LogP contribution < -0.4 is 5.32 Å². The quantitative estimate of drug-likeness (QED) is 0.946. The van der Waals surface area contributed by atoms with Crippen molar-refractivity contribution >= 4 is 0 Å². The highest BCUT2D eigenvalue weighted by Gasteiger charge is 2.59. The third-order valence-corrected chi connectivity index (χ3v) is 6.68. The van der Waals surface area contributed by atoms with Crippen molar-refractivity contribution in [1.82, 2.24) is 25.5 Å². The molecule has 4 aliphatic carbocycles. The number of rotatable bonds is 3. The molecule has 5 heteroatoms. The summed E-state index contributed by atoms with van der Waals surface area (Å²) >= 11 is 0. The van der Waals surface area contributed by atoms with Crippen LogP contribution in [-0.2, 0) is 5.54 Å². The van der Waals surface area contributed by atoms with Gasteiger partial charge < -0.3 is 5.32 Å². The molecule has 1 heterocycles. The topological polar surface area (TPSA) is 55.6 Å². The molecule has 0 spiro atoms. The number of nitrogens with one attached hydrogen (secondary N) is 1. The van der Waals surface area contributed by atoms with Gasteiger partial charge in [0.2, 0.25) is 0 Å². The highest BCUT2D eigenvalue weighted by atomic mass is 15.6. The number of benzene rings is 1. The maximum atomic E-state index is 4.52. The van der Waals surface area contributed by atoms with Gasteiger partial charge in [-0.05, 0) is 85.4 Å². The summed E-state index contributed by atoms with van der Waals surface area (Å²) in [7, 11) is 2.10. The lowest BCUT2D eigenvalue weighted by Gasteiger charge is -2.60. The average molecular weight is 309 g/mol. The van der Waals surface area contributed by atoms with Gasteiger partial charge in [0, 0.05) is 0 Å². The third kappa shape index (κ3) is 1.80. The van der Waals surface area contributed by atoms with Gasteiger partial charge in [-0.2, -0.15) is 4.68 Å². The average Bonchev–Trinajstić information content (AvgIpc) is 3.06. The van der Waals surface area contributed by atoms with Crippen molar-refractivity contribution in [2.45, 2.75) is 37.6 Å². The summed E-state index contributed by atoms with van der Waals surface area (Å²) in [5.41, 5.74) is 0.989. The molecule has 1 aromatic carbocycles. The van der Waals surface area contributed by atoms with Crippen molar-refractivity contribution in [3.63, 3.8) is 0 Å². The molecule has 0 atom stereocenters. The Balaban J connectivity index is 1.65. The molecule has 120 valence electrons. The minimum Gasteiger partial charge on any atom is -0.307 e. The molecular weight excluding hydrogens is 286 g/mol. The molecule has 2 aromatic rings. The highest BCUT2D eigenvalue weighted by molar-refractivity contribution is 5.33. The first-order valence-electron chi connectivity index (χ1n) is 8.84. The Morgan fingerprint density at radius 2 is 1.65 bits per heavy atom. The molecule has 4 bridgehead atoms. The summed E-state index contributed by atoms with van der Waals surface area (Å²) < 4.78 is 1.96. The van der Waals surface area contributed by atoms with Crippen LogP contribution in [0.4, 0.5) is 0 Å². The fourth-order valence-electron chi connectivity index (χ4n) is 6.00. The Morgan fingerprint density at radius 1 is 1.00 bits per heavy atom. The van der Waals surface area contributed by atoms with Crippen LogP contribution in [0.2, 0.25) is 0 Å². The van der Waals surface area contributed by atoms with Crippen molar-refractivity contribution in [2.75, 3.05) is 7.05 Å². The molecule has 0 aliphatic heterocycles. The van der Waals surface area contributed by atoms with Gasteiger partial charge >= 0.3 is 0 Å². The number of hydrogen-bond donors (Lipinski definition) is 1. The van der Waals surface area contributed by atoms with Gasteiger partial charge in [-0.1, -0.05) is 18.2 Å². The van der Waals surface area contributed by atoms with Crippen LogP contribution in [0.15, 0.2) is 30.3 Å². The van der Waals surface area contributed by atoms with E-state index in [0.717, 1.165) is 23.3 Å². The van der Waals surface area contributed by atoms with Gasteiger partial charge in [-0.3, -0.25) is 0 Å². The largest absolute Gasteiger partial charge is 0.307 e. The van der Waals surface area contributed by atoms with Crippen LogP contribution in [0.1, 0.15) is 37.9 Å². The fraction of sp³-hybridized carbons (Fsp3) is 0.611. The lowest BCUT2D eigenvalue weighted by molar-refractivity contribution is -0.0795. The van der Waals surface area contributed by atoms with Gasteiger partial charge in [-0.15, -0.1) is 5.10 Å². The van der Waals surface area contributed by atoms with Crippen LogP contribution in [-0.4, -0.2) is 27.3 Å². The molecule has 6 rings (SSSR count). The Hall–Kier alpha value is -1.75. The zero-order valence-corrected chi connectivity index (χ0v) is 13.5. The van der Waals surface area contributed by atoms with Gasteiger partial charge in [0.15, 0.2) is 5.82 Å². The van der Waals surface area contributed by atoms with Crippen LogP contribution in [0.5, 0.6) is 0 Å². The predicted octanol–water partition coefficient (Wildman–Crippen LogP) is 2.53. The summed E-state index contributed by atoms with van der Waals surface area (Å²) in [6, 6.07) is 10.3. The van der Waals surface area contributed by atoms with E-state index in [1.807, 2.05) is 22.9 Å². The number of para-hydroxylation sites is 1. The van der Waals surface area contributed by atoms with Gasteiger partial charge in [-0.25, -0.2) is 0 Å². The molecule has 23 heavy (non-hydrogen) atoms. The summed E-state index contributed by atoms with van der Waals surface area (Å²) in [6.07, 6.45) is 6.77. The summed E-state index contributed by atoms with van der Waals surface area (Å²) in [5.74, 6) is 4.20. The van der Waals surface area contributed by atoms with E-state index < -0.39 is 0 Å². The molecular formula is C18H23N5. The van der Waals surface area contributed by atoms with E-state index in [1.165, 1.54) is 32.1 Å². The summed E-state index contributed by atoms with van der Waals surface area (Å²) in [6.45, 7) is 0. The SMILES string of the molecule is CNC1(c2nnnn2-c2ccccc2)C2CC3CC(C2)CC1C3. The van der Waals surface area contributed by atoms with E-state index in [2.05, 4.69) is 40.0 Å². The monoisotopic (exact) mass is 309 g/mol. The Morgan fingerprint density at radius 3 is 2.26 bits per heavy atom. The second-order valence-corrected chi connectivity index (χ2v) is 7.67. The van der Waals surface area contributed by atoms with E-state index in [-0.39, 0.29) is 5.54 Å². The Kier molecular flexibility index (Phi) is 2.89. The Bertz CT molecular complexity index is 679. The van der Waals surface area contributed by atoms with Crippen molar-refractivity contribution < 1.29 is 0 Å². The van der Waals surface area contributed by atoms with Crippen LogP contribution >= 0.6 is 0 Å². The maximum absolute atomic E-state index is 4.52. The predicted molar refractivity (Wildman–Crippen MR) is 86.9 cm³/mol. The maximum Gasteiger partial charge on any atom is 0.177 e. The number of aromatic nitrogens is 4. The molecule has 0 saturated heterocycles. The number of nitrogens with zero attached hydrogens (tertiary/aromatic N) is 4. The van der Waals surface area contributed by atoms with Gasteiger partial charge in [0.25, 0.3) is 0 Å². The normalized spacial score (nSPS) is 38.1. The van der Waals surface area contributed by atoms with E-state index in [9.17, 15) is 0 Å². The minimum atomic E-state index is -0.0627. The smallest absolute Gasteiger partial charge is 0.177 e. The second-order valence-electron chi connectivity index (χ2n) is 7.67. The third-order valence-electron chi connectivity index (χ3n) is 6.68. The number of tetrazole rings is 1. The molecule has 4 saturated carbocycles. The molecule has 1 N–H and O–H groups in total. The first kappa shape index (κ1) is 13.7. The molecule has 0 amide bonds. The molecule has 4 fully saturated rings. The van der Waals surface area contributed by atoms with E-state index in [4.69, 9.17) is 0 Å². The van der Waals surface area contributed by atoms with Crippen molar-refractivity contribution in [3.05, 3.63) is 36.2 Å². The van der Waals surface area contributed by atoms with Gasteiger partial charge in [0.1, 0.15) is 0 Å². The van der Waals surface area contributed by atoms with Gasteiger partial charge in [0.05, 0.1) is 11.2 Å². The molecule has 5 nitrogen and oxygen atoms in total. The molecule has 0 radical (unpaired) electrons. The zero-order valence-electron chi connectivity index (χ0n) is 13.5. The van der Waals surface area contributed by atoms with Crippen LogP contribution in [0.3, 0.4) is 0 Å². The first-order valence-corrected chi connectivity index (χ1v) is 8.84. The first-order chi connectivity index (χ1) is 11.3. The lowest BCUT2D eigenvalue weighted by atomic mass is 9.48. The molecule has 0 unspecified atom stereocenters. The lowest BCUT2D eigenvalue weighted by Crippen LogP contribution is -2.62. The second kappa shape index (κ2) is 4.87. The standard InChI is InChI=1S/C18H23N5/c1-19-18(14-8-12-7-13(10-14)11-15(18)9-12)17-20-21-22-23(17)16-5-3-2-4-6-16/h2-6,12-15,19H,7-11H2,1H3. The summed E-state index contributed by atoms with van der Waals surface area (Å²) in [4.78, 5) is 0.